The number of hydrogen-bond donors (Lipinski definition) is 1. The van der Waals surface area contributed by atoms with Crippen LogP contribution in [0.5, 0.6) is 0 Å². The predicted octanol–water partition coefficient (Wildman–Crippen LogP) is 4.01. The molecule has 1 saturated heterocycles. The second kappa shape index (κ2) is 7.95. The van der Waals surface area contributed by atoms with Crippen LogP contribution in [0, 0.1) is 18.8 Å². The molecule has 0 amide bonds. The third-order valence-electron chi connectivity index (χ3n) is 4.98. The quantitative estimate of drug-likeness (QED) is 0.850. The second-order valence-corrected chi connectivity index (χ2v) is 6.92. The third kappa shape index (κ3) is 4.82. The van der Waals surface area contributed by atoms with Crippen molar-refractivity contribution in [1.29, 1.82) is 0 Å². The first kappa shape index (κ1) is 16.5. The fraction of sp³-hybridized carbons (Fsp3) is 0.684. The predicted molar refractivity (Wildman–Crippen MR) is 91.6 cm³/mol. The minimum atomic E-state index is 0.464. The van der Waals surface area contributed by atoms with E-state index in [-0.39, 0.29) is 0 Å². The summed E-state index contributed by atoms with van der Waals surface area (Å²) >= 11 is 0. The zero-order valence-corrected chi connectivity index (χ0v) is 14.2. The van der Waals surface area contributed by atoms with E-state index in [0.717, 1.165) is 24.9 Å². The van der Waals surface area contributed by atoms with E-state index >= 15 is 0 Å². The van der Waals surface area contributed by atoms with Gasteiger partial charge >= 0.3 is 0 Å². The van der Waals surface area contributed by atoms with Crippen LogP contribution in [0.3, 0.4) is 0 Å². The molecule has 0 spiro atoms. The summed E-state index contributed by atoms with van der Waals surface area (Å²) in [5.74, 6) is 1.70. The normalized spacial score (nSPS) is 25.0. The van der Waals surface area contributed by atoms with Gasteiger partial charge in [-0.25, -0.2) is 0 Å². The van der Waals surface area contributed by atoms with E-state index < -0.39 is 0 Å². The molecule has 21 heavy (non-hydrogen) atoms. The Morgan fingerprint density at radius 1 is 1.19 bits per heavy atom. The summed E-state index contributed by atoms with van der Waals surface area (Å²) < 4.78 is 0. The molecule has 1 heterocycles. The van der Waals surface area contributed by atoms with Gasteiger partial charge in [0, 0.05) is 19.1 Å². The molecule has 1 fully saturated rings. The van der Waals surface area contributed by atoms with Crippen molar-refractivity contribution in [2.45, 2.75) is 46.6 Å². The molecule has 0 radical (unpaired) electrons. The molecule has 1 N–H and O–H groups in total. The molecule has 0 bridgehead atoms. The molecule has 2 rings (SSSR count). The van der Waals surface area contributed by atoms with Crippen LogP contribution >= 0.6 is 0 Å². The monoisotopic (exact) mass is 288 g/mol. The highest BCUT2D eigenvalue weighted by molar-refractivity contribution is 5.24. The fourth-order valence-corrected chi connectivity index (χ4v) is 3.18. The van der Waals surface area contributed by atoms with Crippen molar-refractivity contribution in [1.82, 2.24) is 10.2 Å². The molecule has 1 aromatic rings. The van der Waals surface area contributed by atoms with Gasteiger partial charge in [-0.3, -0.25) is 0 Å². The van der Waals surface area contributed by atoms with E-state index in [1.54, 1.807) is 0 Å². The molecule has 3 atom stereocenters. The lowest BCUT2D eigenvalue weighted by Gasteiger charge is -2.37. The summed E-state index contributed by atoms with van der Waals surface area (Å²) in [6, 6.07) is 9.51. The molecule has 1 aliphatic rings. The zero-order valence-electron chi connectivity index (χ0n) is 14.2. The van der Waals surface area contributed by atoms with Crippen LogP contribution in [-0.2, 0) is 0 Å². The van der Waals surface area contributed by atoms with Crippen LogP contribution in [0.1, 0.15) is 50.8 Å². The summed E-state index contributed by atoms with van der Waals surface area (Å²) in [5, 5.41) is 3.74. The molecule has 3 unspecified atom stereocenters. The van der Waals surface area contributed by atoms with Crippen LogP contribution in [0.15, 0.2) is 24.3 Å². The van der Waals surface area contributed by atoms with Gasteiger partial charge in [-0.2, -0.15) is 0 Å². The number of benzene rings is 1. The summed E-state index contributed by atoms with van der Waals surface area (Å²) in [6.45, 7) is 13.9. The maximum absolute atomic E-state index is 3.74. The van der Waals surface area contributed by atoms with E-state index in [1.165, 1.54) is 37.1 Å². The lowest BCUT2D eigenvalue weighted by Crippen LogP contribution is -2.43. The molecule has 1 aromatic carbocycles. The van der Waals surface area contributed by atoms with Crippen molar-refractivity contribution in [2.24, 2.45) is 11.8 Å². The van der Waals surface area contributed by atoms with E-state index in [4.69, 9.17) is 0 Å². The Bertz CT molecular complexity index is 412. The van der Waals surface area contributed by atoms with Crippen molar-refractivity contribution in [3.05, 3.63) is 35.4 Å². The second-order valence-electron chi connectivity index (χ2n) is 6.92. The maximum Gasteiger partial charge on any atom is 0.0449 e. The Morgan fingerprint density at radius 2 is 1.90 bits per heavy atom. The van der Waals surface area contributed by atoms with Gasteiger partial charge in [-0.15, -0.1) is 0 Å². The average molecular weight is 288 g/mol. The van der Waals surface area contributed by atoms with Crippen LogP contribution in [0.25, 0.3) is 0 Å². The Kier molecular flexibility index (Phi) is 6.25. The number of nitrogens with one attached hydrogen (secondary N) is 1. The number of aryl methyl sites for hydroxylation is 1. The first-order chi connectivity index (χ1) is 10.1. The number of piperidine rings is 1. The standard InChI is InChI=1S/C19H32N2/c1-5-11-20-19(18-8-6-15(2)7-9-18)14-21-12-10-16(3)17(4)13-21/h6-9,16-17,19-20H,5,10-14H2,1-4H3. The van der Waals surface area contributed by atoms with Crippen molar-refractivity contribution in [3.8, 4) is 0 Å². The van der Waals surface area contributed by atoms with E-state index in [1.807, 2.05) is 0 Å². The number of nitrogens with zero attached hydrogens (tertiary/aromatic N) is 1. The van der Waals surface area contributed by atoms with Gasteiger partial charge in [-0.05, 0) is 50.3 Å². The van der Waals surface area contributed by atoms with Crippen LogP contribution < -0.4 is 5.32 Å². The van der Waals surface area contributed by atoms with E-state index in [2.05, 4.69) is 62.2 Å². The summed E-state index contributed by atoms with van der Waals surface area (Å²) in [4.78, 5) is 2.65. The lowest BCUT2D eigenvalue weighted by atomic mass is 9.88. The van der Waals surface area contributed by atoms with Gasteiger partial charge < -0.3 is 10.2 Å². The Balaban J connectivity index is 2.00. The summed E-state index contributed by atoms with van der Waals surface area (Å²) in [6.07, 6.45) is 2.53. The lowest BCUT2D eigenvalue weighted by molar-refractivity contribution is 0.127. The average Bonchev–Trinajstić information content (AvgIpc) is 2.48. The van der Waals surface area contributed by atoms with Crippen molar-refractivity contribution in [3.63, 3.8) is 0 Å². The number of hydrogen-bond acceptors (Lipinski definition) is 2. The highest BCUT2D eigenvalue weighted by atomic mass is 15.2. The van der Waals surface area contributed by atoms with Crippen molar-refractivity contribution in [2.75, 3.05) is 26.2 Å². The van der Waals surface area contributed by atoms with Crippen molar-refractivity contribution >= 4 is 0 Å². The van der Waals surface area contributed by atoms with Crippen LogP contribution in [0.2, 0.25) is 0 Å². The third-order valence-corrected chi connectivity index (χ3v) is 4.98. The van der Waals surface area contributed by atoms with Crippen LogP contribution in [0.4, 0.5) is 0 Å². The molecule has 2 nitrogen and oxygen atoms in total. The molecule has 118 valence electrons. The topological polar surface area (TPSA) is 15.3 Å². The zero-order chi connectivity index (χ0) is 15.2. The van der Waals surface area contributed by atoms with Gasteiger partial charge in [0.2, 0.25) is 0 Å². The minimum Gasteiger partial charge on any atom is -0.309 e. The summed E-state index contributed by atoms with van der Waals surface area (Å²) in [5.41, 5.74) is 2.77. The number of rotatable bonds is 6. The molecule has 0 aliphatic carbocycles. The maximum atomic E-state index is 3.74. The first-order valence-electron chi connectivity index (χ1n) is 8.62. The Morgan fingerprint density at radius 3 is 2.52 bits per heavy atom. The SMILES string of the molecule is CCCNC(CN1CCC(C)C(C)C1)c1ccc(C)cc1. The molecular formula is C19H32N2. The highest BCUT2D eigenvalue weighted by Gasteiger charge is 2.24. The number of likely N-dealkylation sites (tertiary alicyclic amines) is 1. The van der Waals surface area contributed by atoms with Gasteiger partial charge in [0.15, 0.2) is 0 Å². The smallest absolute Gasteiger partial charge is 0.0449 e. The fourth-order valence-electron chi connectivity index (χ4n) is 3.18. The summed E-state index contributed by atoms with van der Waals surface area (Å²) in [7, 11) is 0. The molecule has 0 aromatic heterocycles. The minimum absolute atomic E-state index is 0.464. The van der Waals surface area contributed by atoms with E-state index in [9.17, 15) is 0 Å². The van der Waals surface area contributed by atoms with Gasteiger partial charge in [-0.1, -0.05) is 50.6 Å². The molecular weight excluding hydrogens is 256 g/mol. The molecule has 1 aliphatic heterocycles. The van der Waals surface area contributed by atoms with Gasteiger partial charge in [0.05, 0.1) is 0 Å². The Hall–Kier alpha value is -0.860. The van der Waals surface area contributed by atoms with E-state index in [0.29, 0.717) is 6.04 Å². The molecule has 0 saturated carbocycles. The first-order valence-corrected chi connectivity index (χ1v) is 8.62. The van der Waals surface area contributed by atoms with Crippen molar-refractivity contribution < 1.29 is 0 Å². The molecule has 2 heteroatoms. The highest BCUT2D eigenvalue weighted by Crippen LogP contribution is 2.24. The van der Waals surface area contributed by atoms with Gasteiger partial charge in [0.25, 0.3) is 0 Å². The van der Waals surface area contributed by atoms with Gasteiger partial charge in [0.1, 0.15) is 0 Å². The largest absolute Gasteiger partial charge is 0.309 e. The van der Waals surface area contributed by atoms with Crippen LogP contribution in [-0.4, -0.2) is 31.1 Å². The Labute approximate surface area is 130 Å².